The van der Waals surface area contributed by atoms with Gasteiger partial charge in [-0.1, -0.05) is 42.5 Å². The van der Waals surface area contributed by atoms with Gasteiger partial charge in [0.2, 0.25) is 17.9 Å². The van der Waals surface area contributed by atoms with Crippen LogP contribution in [0.3, 0.4) is 0 Å². The molecule has 0 spiro atoms. The fourth-order valence-corrected chi connectivity index (χ4v) is 4.69. The molecule has 1 aliphatic carbocycles. The number of carboxylic acid groups (broad SMARTS) is 1. The number of alkyl halides is 3. The number of nitrogens with zero attached hydrogens (tertiary/aromatic N) is 2. The molecule has 2 aromatic carbocycles. The number of aliphatic carboxylic acids is 1. The number of nitrogen functional groups attached to an aromatic ring is 1. The smallest absolute Gasteiger partial charge is 0.429 e. The van der Waals surface area contributed by atoms with E-state index >= 15 is 0 Å². The predicted molar refractivity (Wildman–Crippen MR) is 152 cm³/mol. The molecule has 0 saturated carbocycles. The number of aromatic nitrogens is 2. The molecule has 4 rings (SSSR count). The second-order valence-electron chi connectivity index (χ2n) is 9.62. The molecule has 12 heteroatoms. The topological polar surface area (TPSA) is 134 Å². The van der Waals surface area contributed by atoms with Gasteiger partial charge in [-0.3, -0.25) is 4.79 Å². The van der Waals surface area contributed by atoms with Crippen molar-refractivity contribution in [3.05, 3.63) is 71.9 Å². The maximum Gasteiger partial charge on any atom is 0.429 e. The van der Waals surface area contributed by atoms with Gasteiger partial charge in [0.15, 0.2) is 0 Å². The molecule has 0 fully saturated rings. The Morgan fingerprint density at radius 2 is 1.85 bits per heavy atom. The van der Waals surface area contributed by atoms with Gasteiger partial charge in [-0.25, -0.2) is 4.98 Å². The molecule has 0 radical (unpaired) electrons. The summed E-state index contributed by atoms with van der Waals surface area (Å²) in [5, 5.41) is 9.04. The van der Waals surface area contributed by atoms with Crippen LogP contribution in [0.15, 0.2) is 60.7 Å². The number of benzene rings is 2. The Hall–Kier alpha value is -3.83. The molecule has 1 heterocycles. The standard InChI is InChI=1S/C29H31F3N4O4.ClH/c1-2-39-22-5-3-4-21(15-22)18-10-12-20(13-11-18)26(29(30,31)32)40-25-16-24(35-28(34)36-25)19-8-6-17(7-9-19)14-23(33)27(37)38;/h3-5,8,10-13,15-17,23,26H,2,6-7,9,14,33H2,1H3,(H,37,38)(H2,34,35,36);1H. The highest BCUT2D eigenvalue weighted by Crippen LogP contribution is 2.39. The lowest BCUT2D eigenvalue weighted by atomic mass is 9.84. The third-order valence-corrected chi connectivity index (χ3v) is 6.70. The van der Waals surface area contributed by atoms with Crippen LogP contribution in [-0.4, -0.2) is 39.9 Å². The number of hydrogen-bond donors (Lipinski definition) is 3. The van der Waals surface area contributed by atoms with E-state index < -0.39 is 24.3 Å². The zero-order valence-electron chi connectivity index (χ0n) is 22.3. The zero-order chi connectivity index (χ0) is 28.9. The van der Waals surface area contributed by atoms with Crippen LogP contribution in [0.4, 0.5) is 19.1 Å². The van der Waals surface area contributed by atoms with Gasteiger partial charge in [-0.05, 0) is 67.4 Å². The molecule has 1 aromatic heterocycles. The highest BCUT2D eigenvalue weighted by atomic mass is 35.5. The molecule has 8 nitrogen and oxygen atoms in total. The van der Waals surface area contributed by atoms with E-state index in [1.165, 1.54) is 18.2 Å². The van der Waals surface area contributed by atoms with Crippen LogP contribution < -0.4 is 20.9 Å². The van der Waals surface area contributed by atoms with Crippen molar-refractivity contribution in [2.45, 2.75) is 50.9 Å². The van der Waals surface area contributed by atoms with E-state index in [4.69, 9.17) is 26.0 Å². The van der Waals surface area contributed by atoms with Crippen molar-refractivity contribution in [3.8, 4) is 22.8 Å². The summed E-state index contributed by atoms with van der Waals surface area (Å²) in [4.78, 5) is 19.1. The van der Waals surface area contributed by atoms with Gasteiger partial charge in [0.1, 0.15) is 11.8 Å². The second kappa shape index (κ2) is 13.7. The SMILES string of the molecule is CCOc1cccc(-c2ccc(C(Oc3cc(C4=CCC(CC(N)C(=O)O)CC4)nc(N)n3)C(F)(F)F)cc2)c1.Cl. The Morgan fingerprint density at radius 3 is 2.46 bits per heavy atom. The number of rotatable bonds is 10. The predicted octanol–water partition coefficient (Wildman–Crippen LogP) is 6.21. The number of carboxylic acids is 1. The van der Waals surface area contributed by atoms with Crippen LogP contribution >= 0.6 is 12.4 Å². The molecule has 0 aliphatic heterocycles. The van der Waals surface area contributed by atoms with E-state index in [9.17, 15) is 18.0 Å². The molecule has 3 aromatic rings. The molecule has 3 atom stereocenters. The lowest BCUT2D eigenvalue weighted by molar-refractivity contribution is -0.198. The Labute approximate surface area is 242 Å². The highest BCUT2D eigenvalue weighted by Gasteiger charge is 2.43. The third-order valence-electron chi connectivity index (χ3n) is 6.70. The van der Waals surface area contributed by atoms with Crippen molar-refractivity contribution >= 4 is 29.9 Å². The monoisotopic (exact) mass is 592 g/mol. The zero-order valence-corrected chi connectivity index (χ0v) is 23.1. The summed E-state index contributed by atoms with van der Waals surface area (Å²) in [7, 11) is 0. The number of ether oxygens (including phenoxy) is 2. The minimum atomic E-state index is -4.73. The van der Waals surface area contributed by atoms with Gasteiger partial charge in [0.25, 0.3) is 0 Å². The van der Waals surface area contributed by atoms with Crippen LogP contribution in [0.2, 0.25) is 0 Å². The minimum Gasteiger partial charge on any atom is -0.494 e. The van der Waals surface area contributed by atoms with E-state index in [0.29, 0.717) is 43.7 Å². The molecule has 41 heavy (non-hydrogen) atoms. The van der Waals surface area contributed by atoms with Crippen molar-refractivity contribution in [3.63, 3.8) is 0 Å². The molecule has 1 aliphatic rings. The summed E-state index contributed by atoms with van der Waals surface area (Å²) >= 11 is 0. The van der Waals surface area contributed by atoms with Crippen molar-refractivity contribution in [1.29, 1.82) is 0 Å². The van der Waals surface area contributed by atoms with Gasteiger partial charge in [0, 0.05) is 11.6 Å². The first-order valence-corrected chi connectivity index (χ1v) is 12.9. The number of anilines is 1. The van der Waals surface area contributed by atoms with Gasteiger partial charge < -0.3 is 26.0 Å². The maximum atomic E-state index is 14.1. The number of halogens is 4. The first-order chi connectivity index (χ1) is 19.0. The van der Waals surface area contributed by atoms with E-state index in [1.807, 2.05) is 37.3 Å². The Balaban J connectivity index is 0.00000462. The fourth-order valence-electron chi connectivity index (χ4n) is 4.69. The number of nitrogens with two attached hydrogens (primary N) is 2. The maximum absolute atomic E-state index is 14.1. The summed E-state index contributed by atoms with van der Waals surface area (Å²) < 4.78 is 53.3. The first-order valence-electron chi connectivity index (χ1n) is 12.9. The summed E-state index contributed by atoms with van der Waals surface area (Å²) in [5.41, 5.74) is 14.1. The Bertz CT molecular complexity index is 1370. The van der Waals surface area contributed by atoms with Crippen LogP contribution in [0.5, 0.6) is 11.6 Å². The lowest BCUT2D eigenvalue weighted by Gasteiger charge is -2.24. The molecule has 220 valence electrons. The molecule has 0 bridgehead atoms. The average molecular weight is 593 g/mol. The fraction of sp³-hybridized carbons (Fsp3) is 0.345. The van der Waals surface area contributed by atoms with Crippen LogP contribution in [0.1, 0.15) is 50.0 Å². The number of allylic oxidation sites excluding steroid dienone is 2. The summed E-state index contributed by atoms with van der Waals surface area (Å²) in [6.45, 7) is 2.37. The van der Waals surface area contributed by atoms with Gasteiger partial charge in [-0.2, -0.15) is 18.2 Å². The quantitative estimate of drug-likeness (QED) is 0.253. The van der Waals surface area contributed by atoms with Crippen molar-refractivity contribution in [2.75, 3.05) is 12.3 Å². The third kappa shape index (κ3) is 8.34. The number of carbonyl (C=O) groups is 1. The van der Waals surface area contributed by atoms with Crippen LogP contribution in [0.25, 0.3) is 16.7 Å². The average Bonchev–Trinajstić information content (AvgIpc) is 2.92. The Morgan fingerprint density at radius 1 is 1.12 bits per heavy atom. The van der Waals surface area contributed by atoms with Crippen LogP contribution in [0, 0.1) is 5.92 Å². The van der Waals surface area contributed by atoms with E-state index in [0.717, 1.165) is 16.7 Å². The molecule has 3 unspecified atom stereocenters. The van der Waals surface area contributed by atoms with E-state index in [2.05, 4.69) is 9.97 Å². The van der Waals surface area contributed by atoms with Crippen molar-refractivity contribution in [1.82, 2.24) is 9.97 Å². The second-order valence-corrected chi connectivity index (χ2v) is 9.62. The van der Waals surface area contributed by atoms with Crippen molar-refractivity contribution in [2.24, 2.45) is 11.7 Å². The van der Waals surface area contributed by atoms with Gasteiger partial charge in [0.05, 0.1) is 12.3 Å². The largest absolute Gasteiger partial charge is 0.494 e. The molecule has 0 amide bonds. The highest BCUT2D eigenvalue weighted by molar-refractivity contribution is 5.85. The van der Waals surface area contributed by atoms with Gasteiger partial charge >= 0.3 is 12.1 Å². The number of hydrogen-bond acceptors (Lipinski definition) is 7. The van der Waals surface area contributed by atoms with Crippen LogP contribution in [-0.2, 0) is 4.79 Å². The van der Waals surface area contributed by atoms with E-state index in [1.54, 1.807) is 12.1 Å². The van der Waals surface area contributed by atoms with Gasteiger partial charge in [-0.15, -0.1) is 12.4 Å². The summed E-state index contributed by atoms with van der Waals surface area (Å²) in [5.74, 6) is -0.804. The molecule has 0 saturated heterocycles. The first kappa shape index (κ1) is 31.7. The minimum absolute atomic E-state index is 0. The molecule has 5 N–H and O–H groups in total. The molecular formula is C29H32ClF3N4O4. The summed E-state index contributed by atoms with van der Waals surface area (Å²) in [6, 6.07) is 13.7. The normalized spacial score (nSPS) is 16.6. The van der Waals surface area contributed by atoms with Crippen molar-refractivity contribution < 1.29 is 32.5 Å². The molecular weight excluding hydrogens is 561 g/mol. The Kier molecular flexibility index (Phi) is 10.6. The van der Waals surface area contributed by atoms with E-state index in [-0.39, 0.29) is 35.7 Å². The summed E-state index contributed by atoms with van der Waals surface area (Å²) in [6.07, 6.45) is -3.00. The lowest BCUT2D eigenvalue weighted by Crippen LogP contribution is -2.32.